The Morgan fingerprint density at radius 3 is 2.85 bits per heavy atom. The lowest BCUT2D eigenvalue weighted by molar-refractivity contribution is 0.437. The minimum absolute atomic E-state index is 0.794. The van der Waals surface area contributed by atoms with Crippen molar-refractivity contribution in [3.63, 3.8) is 0 Å². The maximum absolute atomic E-state index is 4.51. The minimum Gasteiger partial charge on any atom is -0.356 e. The molecule has 1 saturated heterocycles. The Balaban J connectivity index is 1.81. The Kier molecular flexibility index (Phi) is 6.16. The number of nitrogens with one attached hydrogen (secondary N) is 1. The van der Waals surface area contributed by atoms with E-state index in [4.69, 9.17) is 0 Å². The molecule has 0 spiro atoms. The number of thiazole rings is 1. The van der Waals surface area contributed by atoms with Crippen LogP contribution in [0.25, 0.3) is 0 Å². The normalized spacial score (nSPS) is 17.2. The lowest BCUT2D eigenvalue weighted by atomic mass is 10.0. The summed E-state index contributed by atoms with van der Waals surface area (Å²) < 4.78 is 0. The molecular formula is C14H24N4S2. The van der Waals surface area contributed by atoms with Crippen molar-refractivity contribution in [2.24, 2.45) is 10.9 Å². The summed E-state index contributed by atoms with van der Waals surface area (Å²) in [5.41, 5.74) is 1.12. The molecule has 20 heavy (non-hydrogen) atoms. The van der Waals surface area contributed by atoms with Crippen LogP contribution < -0.4 is 5.32 Å². The van der Waals surface area contributed by atoms with Gasteiger partial charge in [0.15, 0.2) is 5.96 Å². The van der Waals surface area contributed by atoms with Gasteiger partial charge in [-0.05, 0) is 37.2 Å². The number of nitrogens with zero attached hydrogens (tertiary/aromatic N) is 3. The maximum atomic E-state index is 4.51. The van der Waals surface area contributed by atoms with E-state index in [0.717, 1.165) is 35.7 Å². The Hall–Kier alpha value is -0.750. The number of hydrogen-bond acceptors (Lipinski definition) is 4. The number of thioether (sulfide) groups is 1. The fourth-order valence-corrected chi connectivity index (χ4v) is 4.18. The van der Waals surface area contributed by atoms with Gasteiger partial charge in [-0.3, -0.25) is 4.99 Å². The van der Waals surface area contributed by atoms with Gasteiger partial charge in [0, 0.05) is 26.0 Å². The third kappa shape index (κ3) is 4.66. The highest BCUT2D eigenvalue weighted by Gasteiger charge is 2.15. The number of aromatic nitrogens is 1. The van der Waals surface area contributed by atoms with Crippen LogP contribution in [0.1, 0.15) is 23.5 Å². The molecule has 0 unspecified atom stereocenters. The number of aliphatic imine (C=N–C) groups is 1. The van der Waals surface area contributed by atoms with Gasteiger partial charge < -0.3 is 10.2 Å². The van der Waals surface area contributed by atoms with Crippen LogP contribution in [-0.2, 0) is 6.54 Å². The molecule has 1 aromatic heterocycles. The highest BCUT2D eigenvalue weighted by atomic mass is 32.2. The van der Waals surface area contributed by atoms with Gasteiger partial charge in [-0.15, -0.1) is 11.3 Å². The zero-order valence-electron chi connectivity index (χ0n) is 12.6. The van der Waals surface area contributed by atoms with E-state index in [0.29, 0.717) is 0 Å². The van der Waals surface area contributed by atoms with Crippen molar-refractivity contribution in [3.05, 3.63) is 16.1 Å². The summed E-state index contributed by atoms with van der Waals surface area (Å²) in [4.78, 5) is 11.0. The van der Waals surface area contributed by atoms with E-state index in [9.17, 15) is 0 Å². The second-order valence-electron chi connectivity index (χ2n) is 5.20. The zero-order valence-corrected chi connectivity index (χ0v) is 14.2. The molecule has 1 N–H and O–H groups in total. The van der Waals surface area contributed by atoms with Crippen LogP contribution in [0.2, 0.25) is 0 Å². The van der Waals surface area contributed by atoms with Crippen LogP contribution in [0.5, 0.6) is 0 Å². The van der Waals surface area contributed by atoms with Gasteiger partial charge in [0.1, 0.15) is 0 Å². The Labute approximate surface area is 130 Å². The second-order valence-corrected chi connectivity index (χ2v) is 7.48. The Morgan fingerprint density at radius 1 is 1.50 bits per heavy atom. The average molecular weight is 313 g/mol. The lowest BCUT2D eigenvalue weighted by Crippen LogP contribution is -2.41. The quantitative estimate of drug-likeness (QED) is 0.685. The molecule has 0 atom stereocenters. The van der Waals surface area contributed by atoms with Crippen molar-refractivity contribution >= 4 is 29.1 Å². The van der Waals surface area contributed by atoms with Crippen LogP contribution in [0, 0.1) is 12.8 Å². The smallest absolute Gasteiger partial charge is 0.193 e. The monoisotopic (exact) mass is 312 g/mol. The van der Waals surface area contributed by atoms with Gasteiger partial charge in [-0.25, -0.2) is 4.98 Å². The third-order valence-electron chi connectivity index (χ3n) is 3.53. The Morgan fingerprint density at radius 2 is 2.25 bits per heavy atom. The lowest BCUT2D eigenvalue weighted by Gasteiger charge is -2.26. The molecule has 4 nitrogen and oxygen atoms in total. The molecule has 112 valence electrons. The molecule has 2 rings (SSSR count). The van der Waals surface area contributed by atoms with E-state index in [1.165, 1.54) is 24.3 Å². The summed E-state index contributed by atoms with van der Waals surface area (Å²) in [6.07, 6.45) is 2.65. The predicted octanol–water partition coefficient (Wildman–Crippen LogP) is 2.60. The number of aryl methyl sites for hydroxylation is 1. The summed E-state index contributed by atoms with van der Waals surface area (Å²) in [7, 11) is 3.92. The second kappa shape index (κ2) is 7.88. The van der Waals surface area contributed by atoms with E-state index >= 15 is 0 Å². The summed E-state index contributed by atoms with van der Waals surface area (Å²) in [6.45, 7) is 3.89. The van der Waals surface area contributed by atoms with Crippen molar-refractivity contribution in [2.75, 3.05) is 32.1 Å². The topological polar surface area (TPSA) is 40.5 Å². The van der Waals surface area contributed by atoms with Crippen molar-refractivity contribution in [2.45, 2.75) is 26.3 Å². The summed E-state index contributed by atoms with van der Waals surface area (Å²) in [5.74, 6) is 4.37. The van der Waals surface area contributed by atoms with Crippen LogP contribution in [0.4, 0.5) is 0 Å². The van der Waals surface area contributed by atoms with Gasteiger partial charge >= 0.3 is 0 Å². The van der Waals surface area contributed by atoms with Gasteiger partial charge in [0.2, 0.25) is 0 Å². The van der Waals surface area contributed by atoms with Crippen molar-refractivity contribution in [1.82, 2.24) is 15.2 Å². The van der Waals surface area contributed by atoms with Crippen LogP contribution in [-0.4, -0.2) is 48.0 Å². The molecule has 0 saturated carbocycles. The first-order valence-corrected chi connectivity index (χ1v) is 9.13. The summed E-state index contributed by atoms with van der Waals surface area (Å²) in [5, 5.41) is 6.75. The van der Waals surface area contributed by atoms with Crippen LogP contribution >= 0.6 is 23.1 Å². The van der Waals surface area contributed by atoms with E-state index < -0.39 is 0 Å². The molecule has 1 aliphatic heterocycles. The molecule has 0 radical (unpaired) electrons. The predicted molar refractivity (Wildman–Crippen MR) is 89.7 cm³/mol. The number of rotatable bonds is 4. The molecule has 0 aromatic carbocycles. The highest BCUT2D eigenvalue weighted by molar-refractivity contribution is 7.99. The molecule has 1 aliphatic rings. The molecule has 1 fully saturated rings. The maximum Gasteiger partial charge on any atom is 0.193 e. The first-order valence-electron chi connectivity index (χ1n) is 7.09. The third-order valence-corrected chi connectivity index (χ3v) is 5.40. The van der Waals surface area contributed by atoms with E-state index in [1.54, 1.807) is 11.3 Å². The molecule has 2 heterocycles. The van der Waals surface area contributed by atoms with E-state index in [1.807, 2.05) is 14.0 Å². The van der Waals surface area contributed by atoms with E-state index in [-0.39, 0.29) is 0 Å². The molecule has 0 aliphatic carbocycles. The first-order chi connectivity index (χ1) is 9.69. The fraction of sp³-hybridized carbons (Fsp3) is 0.714. The fourth-order valence-electron chi connectivity index (χ4n) is 2.37. The molecule has 0 bridgehead atoms. The minimum atomic E-state index is 0.794. The van der Waals surface area contributed by atoms with Gasteiger partial charge in [-0.2, -0.15) is 11.8 Å². The van der Waals surface area contributed by atoms with Gasteiger partial charge in [-0.1, -0.05) is 0 Å². The summed E-state index contributed by atoms with van der Waals surface area (Å²) >= 11 is 3.77. The Bertz CT molecular complexity index is 438. The zero-order chi connectivity index (χ0) is 14.4. The molecule has 0 amide bonds. The molecule has 1 aromatic rings. The molecule has 6 heteroatoms. The summed E-state index contributed by atoms with van der Waals surface area (Å²) in [6, 6.07) is 0. The van der Waals surface area contributed by atoms with Gasteiger partial charge in [0.05, 0.1) is 17.2 Å². The van der Waals surface area contributed by atoms with Gasteiger partial charge in [0.25, 0.3) is 0 Å². The standard InChI is InChI=1S/C14H24N4S2/c1-11-17-13(10-20-11)9-18(3)14(15-2)16-8-12-4-6-19-7-5-12/h10,12H,4-9H2,1-3H3,(H,15,16). The van der Waals surface area contributed by atoms with Crippen LogP contribution in [0.3, 0.4) is 0 Å². The highest BCUT2D eigenvalue weighted by Crippen LogP contribution is 2.21. The average Bonchev–Trinajstić information content (AvgIpc) is 2.86. The number of hydrogen-bond donors (Lipinski definition) is 1. The first kappa shape index (κ1) is 15.6. The van der Waals surface area contributed by atoms with Crippen molar-refractivity contribution in [1.29, 1.82) is 0 Å². The molecular weight excluding hydrogens is 288 g/mol. The van der Waals surface area contributed by atoms with Crippen molar-refractivity contribution < 1.29 is 0 Å². The van der Waals surface area contributed by atoms with Crippen molar-refractivity contribution in [3.8, 4) is 0 Å². The number of guanidine groups is 1. The van der Waals surface area contributed by atoms with E-state index in [2.05, 4.69) is 44.4 Å². The largest absolute Gasteiger partial charge is 0.356 e. The van der Waals surface area contributed by atoms with Crippen LogP contribution in [0.15, 0.2) is 10.4 Å². The SMILES string of the molecule is CN=C(NCC1CCSCC1)N(C)Cc1csc(C)n1.